The first-order valence-corrected chi connectivity index (χ1v) is 10.3. The minimum Gasteiger partial charge on any atom is -0.459 e. The van der Waals surface area contributed by atoms with Gasteiger partial charge in [-0.15, -0.1) is 0 Å². The summed E-state index contributed by atoms with van der Waals surface area (Å²) in [4.78, 5) is 27.4. The smallest absolute Gasteiger partial charge is 0.292 e. The molecule has 9 nitrogen and oxygen atoms in total. The zero-order valence-corrected chi connectivity index (χ0v) is 17.8. The molecule has 0 atom stereocenters. The number of benzene rings is 2. The maximum Gasteiger partial charge on any atom is 0.292 e. The number of aromatic nitrogens is 1. The normalized spacial score (nSPS) is 10.9. The molecule has 2 N–H and O–H groups in total. The number of furan rings is 1. The summed E-state index contributed by atoms with van der Waals surface area (Å²) in [5, 5.41) is 19.3. The molecule has 0 radical (unpaired) electrons. The number of carbonyl (C=O) groups excluding carboxylic acids is 1. The number of nitro groups is 1. The third-order valence-electron chi connectivity index (χ3n) is 4.17. The van der Waals surface area contributed by atoms with Gasteiger partial charge < -0.3 is 9.73 Å². The number of nitrogens with zero attached hydrogens (tertiary/aromatic N) is 3. The Morgan fingerprint density at radius 2 is 2.00 bits per heavy atom. The van der Waals surface area contributed by atoms with E-state index in [-0.39, 0.29) is 11.4 Å². The number of nitrogens with one attached hydrogen (secondary N) is 2. The molecule has 0 bridgehead atoms. The van der Waals surface area contributed by atoms with Gasteiger partial charge in [0.1, 0.15) is 10.7 Å². The molecule has 0 spiro atoms. The van der Waals surface area contributed by atoms with Crippen molar-refractivity contribution in [1.82, 2.24) is 4.98 Å². The number of halogens is 1. The van der Waals surface area contributed by atoms with Crippen LogP contribution in [-0.4, -0.2) is 22.0 Å². The number of non-ortho nitro benzene ring substituents is 1. The van der Waals surface area contributed by atoms with Gasteiger partial charge in [-0.25, -0.2) is 4.98 Å². The average Bonchev–Trinajstić information content (AvgIpc) is 3.45. The van der Waals surface area contributed by atoms with Crippen LogP contribution in [0.3, 0.4) is 0 Å². The molecule has 0 fully saturated rings. The van der Waals surface area contributed by atoms with E-state index in [1.54, 1.807) is 48.5 Å². The molecular formula is C21H14ClN5O4S. The highest BCUT2D eigenvalue weighted by atomic mass is 35.5. The summed E-state index contributed by atoms with van der Waals surface area (Å²) in [7, 11) is 0. The van der Waals surface area contributed by atoms with Crippen LogP contribution in [0.4, 0.5) is 15.8 Å². The second-order valence-electron chi connectivity index (χ2n) is 6.36. The SMILES string of the molecule is O=C(Nc1sc(N/N=C/c2cccc([N+](=O)[O-])c2)nc1-c1ccc(Cl)cc1)c1ccco1. The quantitative estimate of drug-likeness (QED) is 0.205. The first-order valence-electron chi connectivity index (χ1n) is 9.15. The van der Waals surface area contributed by atoms with E-state index in [1.807, 2.05) is 0 Å². The molecule has 2 aromatic heterocycles. The fourth-order valence-corrected chi connectivity index (χ4v) is 3.67. The molecule has 0 saturated carbocycles. The molecule has 0 aliphatic rings. The minimum atomic E-state index is -0.474. The Morgan fingerprint density at radius 1 is 1.19 bits per heavy atom. The van der Waals surface area contributed by atoms with E-state index < -0.39 is 10.8 Å². The maximum atomic E-state index is 12.5. The van der Waals surface area contributed by atoms with Crippen LogP contribution in [0.5, 0.6) is 0 Å². The third-order valence-corrected chi connectivity index (χ3v) is 5.30. The van der Waals surface area contributed by atoms with Gasteiger partial charge in [-0.05, 0) is 24.3 Å². The summed E-state index contributed by atoms with van der Waals surface area (Å²) in [5.74, 6) is -0.251. The van der Waals surface area contributed by atoms with Gasteiger partial charge in [-0.3, -0.25) is 20.3 Å². The van der Waals surface area contributed by atoms with Gasteiger partial charge in [0.25, 0.3) is 11.6 Å². The van der Waals surface area contributed by atoms with E-state index >= 15 is 0 Å². The van der Waals surface area contributed by atoms with Gasteiger partial charge in [0.2, 0.25) is 5.13 Å². The Morgan fingerprint density at radius 3 is 2.72 bits per heavy atom. The number of anilines is 2. The number of carbonyl (C=O) groups is 1. The molecule has 32 heavy (non-hydrogen) atoms. The van der Waals surface area contributed by atoms with Crippen LogP contribution >= 0.6 is 22.9 Å². The average molecular weight is 468 g/mol. The van der Waals surface area contributed by atoms with Crippen LogP contribution in [0.1, 0.15) is 16.1 Å². The molecule has 160 valence electrons. The number of hydrogen-bond donors (Lipinski definition) is 2. The van der Waals surface area contributed by atoms with Gasteiger partial charge in [0.15, 0.2) is 5.76 Å². The fraction of sp³-hybridized carbons (Fsp3) is 0. The number of amides is 1. The third kappa shape index (κ3) is 4.99. The highest BCUT2D eigenvalue weighted by Crippen LogP contribution is 2.36. The van der Waals surface area contributed by atoms with Crippen molar-refractivity contribution in [2.75, 3.05) is 10.7 Å². The predicted molar refractivity (Wildman–Crippen MR) is 124 cm³/mol. The van der Waals surface area contributed by atoms with Crippen LogP contribution < -0.4 is 10.7 Å². The molecule has 11 heteroatoms. The second-order valence-corrected chi connectivity index (χ2v) is 7.79. The van der Waals surface area contributed by atoms with E-state index in [2.05, 4.69) is 20.8 Å². The number of rotatable bonds is 7. The molecule has 4 aromatic rings. The first kappa shape index (κ1) is 21.2. The Balaban J connectivity index is 1.58. The van der Waals surface area contributed by atoms with E-state index in [1.165, 1.54) is 35.9 Å². The van der Waals surface area contributed by atoms with E-state index in [0.29, 0.717) is 26.4 Å². The molecular weight excluding hydrogens is 454 g/mol. The fourth-order valence-electron chi connectivity index (χ4n) is 2.71. The molecule has 2 aromatic carbocycles. The van der Waals surface area contributed by atoms with Crippen molar-refractivity contribution in [2.24, 2.45) is 5.10 Å². The van der Waals surface area contributed by atoms with Gasteiger partial charge in [0, 0.05) is 28.3 Å². The first-order chi connectivity index (χ1) is 15.5. The van der Waals surface area contributed by atoms with Crippen molar-refractivity contribution < 1.29 is 14.1 Å². The number of hydrazone groups is 1. The number of nitro benzene ring substituents is 1. The largest absolute Gasteiger partial charge is 0.459 e. The summed E-state index contributed by atoms with van der Waals surface area (Å²) >= 11 is 7.16. The highest BCUT2D eigenvalue weighted by molar-refractivity contribution is 7.20. The maximum absolute atomic E-state index is 12.5. The lowest BCUT2D eigenvalue weighted by Gasteiger charge is -2.03. The van der Waals surface area contributed by atoms with E-state index in [0.717, 1.165) is 5.56 Å². The minimum absolute atomic E-state index is 0.0313. The molecule has 0 aliphatic heterocycles. The topological polar surface area (TPSA) is 123 Å². The standard InChI is InChI=1S/C21H14ClN5O4S/c22-15-8-6-14(7-9-15)18-20(25-19(28)17-5-2-10-31-17)32-21(24-18)26-23-12-13-3-1-4-16(11-13)27(29)30/h1-12H,(H,24,26)(H,25,28)/b23-12+. The second kappa shape index (κ2) is 9.41. The summed E-state index contributed by atoms with van der Waals surface area (Å²) in [5.41, 5.74) is 4.59. The van der Waals surface area contributed by atoms with Crippen molar-refractivity contribution in [1.29, 1.82) is 0 Å². The number of hydrogen-bond acceptors (Lipinski definition) is 8. The Kier molecular flexibility index (Phi) is 6.24. The molecule has 0 aliphatic carbocycles. The zero-order valence-electron chi connectivity index (χ0n) is 16.2. The Hall–Kier alpha value is -4.02. The van der Waals surface area contributed by atoms with Crippen molar-refractivity contribution in [3.05, 3.63) is 93.4 Å². The molecule has 4 rings (SSSR count). The molecule has 0 saturated heterocycles. The van der Waals surface area contributed by atoms with E-state index in [4.69, 9.17) is 16.0 Å². The van der Waals surface area contributed by atoms with Crippen molar-refractivity contribution in [3.8, 4) is 11.3 Å². The zero-order chi connectivity index (χ0) is 22.5. The van der Waals surface area contributed by atoms with Crippen molar-refractivity contribution in [2.45, 2.75) is 0 Å². The van der Waals surface area contributed by atoms with Crippen LogP contribution in [-0.2, 0) is 0 Å². The molecule has 1 amide bonds. The van der Waals surface area contributed by atoms with Gasteiger partial charge in [0.05, 0.1) is 17.4 Å². The predicted octanol–water partition coefficient (Wildman–Crippen LogP) is 5.66. The van der Waals surface area contributed by atoms with Crippen LogP contribution in [0.25, 0.3) is 11.3 Å². The van der Waals surface area contributed by atoms with Gasteiger partial charge >= 0.3 is 0 Å². The summed E-state index contributed by atoms with van der Waals surface area (Å²) in [6, 6.07) is 16.3. The lowest BCUT2D eigenvalue weighted by Crippen LogP contribution is -2.10. The van der Waals surface area contributed by atoms with Crippen molar-refractivity contribution >= 4 is 50.9 Å². The van der Waals surface area contributed by atoms with Gasteiger partial charge in [-0.2, -0.15) is 5.10 Å². The molecule has 0 unspecified atom stereocenters. The number of thiazole rings is 1. The van der Waals surface area contributed by atoms with E-state index in [9.17, 15) is 14.9 Å². The Bertz CT molecular complexity index is 1290. The lowest BCUT2D eigenvalue weighted by molar-refractivity contribution is -0.384. The summed E-state index contributed by atoms with van der Waals surface area (Å²) in [6.07, 6.45) is 2.86. The van der Waals surface area contributed by atoms with Crippen LogP contribution in [0.15, 0.2) is 76.4 Å². The monoisotopic (exact) mass is 467 g/mol. The molecule has 2 heterocycles. The Labute approximate surface area is 190 Å². The van der Waals surface area contributed by atoms with Crippen LogP contribution in [0, 0.1) is 10.1 Å². The van der Waals surface area contributed by atoms with Crippen molar-refractivity contribution in [3.63, 3.8) is 0 Å². The van der Waals surface area contributed by atoms with Crippen LogP contribution in [0.2, 0.25) is 5.02 Å². The summed E-state index contributed by atoms with van der Waals surface area (Å²) in [6.45, 7) is 0. The highest BCUT2D eigenvalue weighted by Gasteiger charge is 2.18. The lowest BCUT2D eigenvalue weighted by atomic mass is 10.1. The summed E-state index contributed by atoms with van der Waals surface area (Å²) < 4.78 is 5.14. The van der Waals surface area contributed by atoms with Gasteiger partial charge in [-0.1, -0.05) is 47.2 Å².